The van der Waals surface area contributed by atoms with Gasteiger partial charge in [-0.2, -0.15) is 13.2 Å². The van der Waals surface area contributed by atoms with Crippen molar-refractivity contribution in [3.8, 4) is 0 Å². The van der Waals surface area contributed by atoms with E-state index in [0.717, 1.165) is 0 Å². The summed E-state index contributed by atoms with van der Waals surface area (Å²) in [7, 11) is -3.21. The van der Waals surface area contributed by atoms with E-state index in [1.165, 1.54) is 0 Å². The number of hydrogen-bond acceptors (Lipinski definition) is 4. The molecular weight excluding hydrogens is 289 g/mol. The van der Waals surface area contributed by atoms with Crippen LogP contribution in [0.3, 0.4) is 0 Å². The molecule has 0 bridgehead atoms. The first-order valence-corrected chi connectivity index (χ1v) is 7.50. The van der Waals surface area contributed by atoms with Gasteiger partial charge in [0.2, 0.25) is 0 Å². The van der Waals surface area contributed by atoms with Gasteiger partial charge in [0.25, 0.3) is 0 Å². The van der Waals surface area contributed by atoms with Crippen LogP contribution in [-0.4, -0.2) is 50.4 Å². The zero-order valence-electron chi connectivity index (χ0n) is 10.0. The molecule has 9 heteroatoms. The summed E-state index contributed by atoms with van der Waals surface area (Å²) in [6.07, 6.45) is -4.33. The first-order valence-electron chi connectivity index (χ1n) is 5.68. The van der Waals surface area contributed by atoms with Gasteiger partial charge in [-0.3, -0.25) is 4.79 Å². The summed E-state index contributed by atoms with van der Waals surface area (Å²) in [5.74, 6) is -3.01. The van der Waals surface area contributed by atoms with Gasteiger partial charge in [0, 0.05) is 6.61 Å². The van der Waals surface area contributed by atoms with E-state index in [-0.39, 0.29) is 31.0 Å². The summed E-state index contributed by atoms with van der Waals surface area (Å²) < 4.78 is 62.3. The molecule has 0 spiro atoms. The summed E-state index contributed by atoms with van der Waals surface area (Å²) in [6.45, 7) is -1.78. The van der Waals surface area contributed by atoms with E-state index in [4.69, 9.17) is 5.11 Å². The Morgan fingerprint density at radius 3 is 2.47 bits per heavy atom. The molecule has 0 aliphatic carbocycles. The van der Waals surface area contributed by atoms with E-state index in [1.807, 2.05) is 0 Å². The van der Waals surface area contributed by atoms with Crippen LogP contribution in [0, 0.1) is 11.8 Å². The number of carboxylic acids is 1. The standard InChI is InChI=1S/C10H15F3O5S/c11-10(12,13)6-18-3-1-8(9(14)15)7-2-4-19(16,17)5-7/h7-8H,1-6H2,(H,14,15). The quantitative estimate of drug-likeness (QED) is 0.743. The van der Waals surface area contributed by atoms with Crippen molar-refractivity contribution in [2.24, 2.45) is 11.8 Å². The van der Waals surface area contributed by atoms with Crippen LogP contribution in [0.5, 0.6) is 0 Å². The summed E-state index contributed by atoms with van der Waals surface area (Å²) in [6, 6.07) is 0. The Hall–Kier alpha value is -0.830. The number of carbonyl (C=O) groups is 1. The number of aliphatic carboxylic acids is 1. The van der Waals surface area contributed by atoms with Crippen molar-refractivity contribution >= 4 is 15.8 Å². The molecule has 0 aromatic rings. The molecule has 1 heterocycles. The van der Waals surface area contributed by atoms with E-state index in [2.05, 4.69) is 4.74 Å². The summed E-state index contributed by atoms with van der Waals surface area (Å²) in [5.41, 5.74) is 0. The fourth-order valence-corrected chi connectivity index (χ4v) is 3.98. The number of ether oxygens (including phenoxy) is 1. The summed E-state index contributed by atoms with van der Waals surface area (Å²) in [4.78, 5) is 11.0. The fourth-order valence-electron chi connectivity index (χ4n) is 2.10. The van der Waals surface area contributed by atoms with Crippen LogP contribution in [-0.2, 0) is 19.4 Å². The maximum atomic E-state index is 11.8. The van der Waals surface area contributed by atoms with Crippen LogP contribution in [0.2, 0.25) is 0 Å². The number of carboxylic acid groups (broad SMARTS) is 1. The van der Waals surface area contributed by atoms with Crippen LogP contribution in [0.15, 0.2) is 0 Å². The maximum Gasteiger partial charge on any atom is 0.411 e. The second-order valence-electron chi connectivity index (χ2n) is 4.56. The average Bonchev–Trinajstić information content (AvgIpc) is 2.56. The van der Waals surface area contributed by atoms with E-state index >= 15 is 0 Å². The van der Waals surface area contributed by atoms with Crippen molar-refractivity contribution in [2.45, 2.75) is 19.0 Å². The molecule has 5 nitrogen and oxygen atoms in total. The van der Waals surface area contributed by atoms with Gasteiger partial charge < -0.3 is 9.84 Å². The highest BCUT2D eigenvalue weighted by Crippen LogP contribution is 2.28. The maximum absolute atomic E-state index is 11.8. The van der Waals surface area contributed by atoms with E-state index in [9.17, 15) is 26.4 Å². The predicted octanol–water partition coefficient (Wildman–Crippen LogP) is 1.09. The van der Waals surface area contributed by atoms with Crippen molar-refractivity contribution in [1.29, 1.82) is 0 Å². The molecule has 0 amide bonds. The minimum absolute atomic E-state index is 0.0646. The third-order valence-corrected chi connectivity index (χ3v) is 4.79. The molecular formula is C10H15F3O5S. The van der Waals surface area contributed by atoms with Crippen molar-refractivity contribution in [1.82, 2.24) is 0 Å². The van der Waals surface area contributed by atoms with Crippen molar-refractivity contribution in [3.63, 3.8) is 0 Å². The average molecular weight is 304 g/mol. The molecule has 112 valence electrons. The minimum atomic E-state index is -4.45. The molecule has 2 atom stereocenters. The van der Waals surface area contributed by atoms with Gasteiger partial charge in [-0.15, -0.1) is 0 Å². The molecule has 0 aromatic heterocycles. The van der Waals surface area contributed by atoms with Gasteiger partial charge in [0.15, 0.2) is 9.84 Å². The van der Waals surface area contributed by atoms with E-state index in [1.54, 1.807) is 0 Å². The predicted molar refractivity (Wildman–Crippen MR) is 59.4 cm³/mol. The number of rotatable bonds is 6. The number of hydrogen-bond donors (Lipinski definition) is 1. The number of sulfone groups is 1. The van der Waals surface area contributed by atoms with Gasteiger partial charge >= 0.3 is 12.1 Å². The lowest BCUT2D eigenvalue weighted by atomic mass is 9.89. The first-order chi connectivity index (χ1) is 8.61. The fraction of sp³-hybridized carbons (Fsp3) is 0.900. The molecule has 2 unspecified atom stereocenters. The highest BCUT2D eigenvalue weighted by molar-refractivity contribution is 7.91. The van der Waals surface area contributed by atoms with Gasteiger partial charge in [0.1, 0.15) is 6.61 Å². The minimum Gasteiger partial charge on any atom is -0.481 e. The monoisotopic (exact) mass is 304 g/mol. The van der Waals surface area contributed by atoms with E-state index in [0.29, 0.717) is 0 Å². The zero-order valence-corrected chi connectivity index (χ0v) is 10.8. The van der Waals surface area contributed by atoms with Gasteiger partial charge in [-0.1, -0.05) is 0 Å². The van der Waals surface area contributed by atoms with E-state index < -0.39 is 40.4 Å². The second-order valence-corrected chi connectivity index (χ2v) is 6.79. The molecule has 1 N–H and O–H groups in total. The van der Waals surface area contributed by atoms with Crippen LogP contribution in [0.25, 0.3) is 0 Å². The topological polar surface area (TPSA) is 80.7 Å². The molecule has 1 fully saturated rings. The Morgan fingerprint density at radius 2 is 2.05 bits per heavy atom. The molecule has 1 saturated heterocycles. The second kappa shape index (κ2) is 6.08. The van der Waals surface area contributed by atoms with Gasteiger partial charge in [-0.25, -0.2) is 8.42 Å². The molecule has 1 rings (SSSR count). The molecule has 19 heavy (non-hydrogen) atoms. The summed E-state index contributed by atoms with van der Waals surface area (Å²) in [5, 5.41) is 8.99. The molecule has 1 aliphatic heterocycles. The van der Waals surface area contributed by atoms with Crippen molar-refractivity contribution in [3.05, 3.63) is 0 Å². The van der Waals surface area contributed by atoms with Crippen LogP contribution in [0.1, 0.15) is 12.8 Å². The molecule has 0 aromatic carbocycles. The van der Waals surface area contributed by atoms with Gasteiger partial charge in [0.05, 0.1) is 17.4 Å². The first kappa shape index (κ1) is 16.2. The normalized spacial score (nSPS) is 24.3. The lowest BCUT2D eigenvalue weighted by molar-refractivity contribution is -0.175. The summed E-state index contributed by atoms with van der Waals surface area (Å²) >= 11 is 0. The van der Waals surface area contributed by atoms with Crippen LogP contribution in [0.4, 0.5) is 13.2 Å². The van der Waals surface area contributed by atoms with Crippen LogP contribution < -0.4 is 0 Å². The molecule has 0 radical (unpaired) electrons. The Balaban J connectivity index is 2.44. The smallest absolute Gasteiger partial charge is 0.411 e. The number of alkyl halides is 3. The molecule has 1 aliphatic rings. The van der Waals surface area contributed by atoms with Crippen molar-refractivity contribution < 1.29 is 36.2 Å². The highest BCUT2D eigenvalue weighted by atomic mass is 32.2. The third kappa shape index (κ3) is 5.77. The zero-order chi connectivity index (χ0) is 14.7. The lowest BCUT2D eigenvalue weighted by Crippen LogP contribution is -2.27. The van der Waals surface area contributed by atoms with Crippen LogP contribution >= 0.6 is 0 Å². The third-order valence-electron chi connectivity index (χ3n) is 2.99. The lowest BCUT2D eigenvalue weighted by Gasteiger charge is -2.18. The Bertz CT molecular complexity index is 417. The van der Waals surface area contributed by atoms with Gasteiger partial charge in [-0.05, 0) is 18.8 Å². The Labute approximate surface area is 108 Å². The number of halogens is 3. The largest absolute Gasteiger partial charge is 0.481 e. The molecule has 0 saturated carbocycles. The Morgan fingerprint density at radius 1 is 1.42 bits per heavy atom. The highest BCUT2D eigenvalue weighted by Gasteiger charge is 2.37. The Kier molecular flexibility index (Phi) is 5.19. The SMILES string of the molecule is O=C(O)C(CCOCC(F)(F)F)C1CCS(=O)(=O)C1. The van der Waals surface area contributed by atoms with Crippen molar-refractivity contribution in [2.75, 3.05) is 24.7 Å².